The Morgan fingerprint density at radius 1 is 0.750 bits per heavy atom. The van der Waals surface area contributed by atoms with Gasteiger partial charge in [0.15, 0.2) is 0 Å². The summed E-state index contributed by atoms with van der Waals surface area (Å²) in [5.74, 6) is -0.204. The summed E-state index contributed by atoms with van der Waals surface area (Å²) < 4.78 is 0. The molecule has 0 aliphatic carbocycles. The van der Waals surface area contributed by atoms with Gasteiger partial charge in [0.25, 0.3) is 11.8 Å². The molecule has 0 atom stereocenters. The molecule has 4 nitrogen and oxygen atoms in total. The predicted molar refractivity (Wildman–Crippen MR) is 80.0 cm³/mol. The van der Waals surface area contributed by atoms with Crippen LogP contribution in [0.5, 0.6) is 0 Å². The van der Waals surface area contributed by atoms with Gasteiger partial charge in [-0.1, -0.05) is 24.3 Å². The van der Waals surface area contributed by atoms with Crippen molar-refractivity contribution < 1.29 is 9.59 Å². The number of rotatable bonds is 2. The van der Waals surface area contributed by atoms with Gasteiger partial charge in [0.05, 0.1) is 0 Å². The lowest BCUT2D eigenvalue weighted by Gasteiger charge is -2.16. The summed E-state index contributed by atoms with van der Waals surface area (Å²) in [6.45, 7) is 0. The van der Waals surface area contributed by atoms with Gasteiger partial charge in [0.1, 0.15) is 0 Å². The molecule has 0 heterocycles. The second-order valence-corrected chi connectivity index (χ2v) is 5.11. The van der Waals surface area contributed by atoms with Crippen LogP contribution < -0.4 is 0 Å². The van der Waals surface area contributed by atoms with Crippen LogP contribution in [-0.2, 0) is 0 Å². The van der Waals surface area contributed by atoms with Crippen LogP contribution in [0.15, 0.2) is 36.4 Å². The minimum atomic E-state index is -0.102. The van der Waals surface area contributed by atoms with Crippen LogP contribution in [0.4, 0.5) is 0 Å². The Labute approximate surface area is 118 Å². The number of amides is 2. The van der Waals surface area contributed by atoms with E-state index in [1.165, 1.54) is 9.80 Å². The van der Waals surface area contributed by atoms with Gasteiger partial charge in [0, 0.05) is 44.7 Å². The fraction of sp³-hybridized carbons (Fsp3) is 0.250. The van der Waals surface area contributed by atoms with Crippen molar-refractivity contribution in [3.8, 4) is 0 Å². The second kappa shape index (κ2) is 5.33. The maximum absolute atomic E-state index is 12.3. The molecule has 2 rings (SSSR count). The number of carbonyl (C=O) groups is 2. The normalized spacial score (nSPS) is 10.4. The molecule has 0 fully saturated rings. The van der Waals surface area contributed by atoms with Crippen molar-refractivity contribution in [1.29, 1.82) is 0 Å². The van der Waals surface area contributed by atoms with Crippen LogP contribution in [0.3, 0.4) is 0 Å². The minimum absolute atomic E-state index is 0.102. The first-order valence-corrected chi connectivity index (χ1v) is 6.38. The van der Waals surface area contributed by atoms with Crippen molar-refractivity contribution in [3.63, 3.8) is 0 Å². The first kappa shape index (κ1) is 14.1. The molecule has 2 aromatic carbocycles. The van der Waals surface area contributed by atoms with E-state index in [9.17, 15) is 9.59 Å². The minimum Gasteiger partial charge on any atom is -0.345 e. The maximum atomic E-state index is 12.3. The van der Waals surface area contributed by atoms with E-state index in [0.717, 1.165) is 5.39 Å². The van der Waals surface area contributed by atoms with Crippen molar-refractivity contribution >= 4 is 22.6 Å². The van der Waals surface area contributed by atoms with Gasteiger partial charge in [-0.25, -0.2) is 0 Å². The average Bonchev–Trinajstić information content (AvgIpc) is 2.44. The standard InChI is InChI=1S/C16H18N2O2/c1-17(2)15(19)12-9-5-7-11-8-6-10-13(14(11)12)16(20)18(3)4/h5-10H,1-4H3. The number of hydrogen-bond donors (Lipinski definition) is 0. The summed E-state index contributed by atoms with van der Waals surface area (Å²) in [4.78, 5) is 27.6. The number of fused-ring (bicyclic) bond motifs is 1. The molecule has 0 aromatic heterocycles. The highest BCUT2D eigenvalue weighted by Crippen LogP contribution is 2.24. The van der Waals surface area contributed by atoms with E-state index in [1.54, 1.807) is 40.3 Å². The Kier molecular flexibility index (Phi) is 3.74. The van der Waals surface area contributed by atoms with Gasteiger partial charge in [0.2, 0.25) is 0 Å². The molecular formula is C16H18N2O2. The summed E-state index contributed by atoms with van der Waals surface area (Å²) in [6, 6.07) is 11.0. The van der Waals surface area contributed by atoms with Crippen LogP contribution in [-0.4, -0.2) is 49.8 Å². The van der Waals surface area contributed by atoms with E-state index in [0.29, 0.717) is 16.5 Å². The number of carbonyl (C=O) groups excluding carboxylic acids is 2. The first-order chi connectivity index (χ1) is 9.43. The topological polar surface area (TPSA) is 40.6 Å². The summed E-state index contributed by atoms with van der Waals surface area (Å²) >= 11 is 0. The lowest BCUT2D eigenvalue weighted by Crippen LogP contribution is -2.24. The zero-order valence-corrected chi connectivity index (χ0v) is 12.2. The van der Waals surface area contributed by atoms with Gasteiger partial charge >= 0.3 is 0 Å². The Hall–Kier alpha value is -2.36. The average molecular weight is 270 g/mol. The number of nitrogens with zero attached hydrogens (tertiary/aromatic N) is 2. The third kappa shape index (κ3) is 2.37. The summed E-state index contributed by atoms with van der Waals surface area (Å²) in [5.41, 5.74) is 1.11. The van der Waals surface area contributed by atoms with E-state index < -0.39 is 0 Å². The monoisotopic (exact) mass is 270 g/mol. The highest BCUT2D eigenvalue weighted by atomic mass is 16.2. The molecule has 0 radical (unpaired) electrons. The van der Waals surface area contributed by atoms with E-state index in [1.807, 2.05) is 24.3 Å². The van der Waals surface area contributed by atoms with Crippen molar-refractivity contribution in [2.45, 2.75) is 0 Å². The maximum Gasteiger partial charge on any atom is 0.253 e. The molecule has 0 bridgehead atoms. The molecule has 0 N–H and O–H groups in total. The highest BCUT2D eigenvalue weighted by molar-refractivity contribution is 6.15. The van der Waals surface area contributed by atoms with Crippen LogP contribution in [0.25, 0.3) is 10.8 Å². The van der Waals surface area contributed by atoms with Crippen molar-refractivity contribution in [2.75, 3.05) is 28.2 Å². The molecule has 104 valence electrons. The van der Waals surface area contributed by atoms with Crippen molar-refractivity contribution in [1.82, 2.24) is 9.80 Å². The third-order valence-corrected chi connectivity index (χ3v) is 3.18. The summed E-state index contributed by atoms with van der Waals surface area (Å²) in [6.07, 6.45) is 0. The molecular weight excluding hydrogens is 252 g/mol. The zero-order chi connectivity index (χ0) is 14.9. The second-order valence-electron chi connectivity index (χ2n) is 5.11. The molecule has 4 heteroatoms. The molecule has 0 saturated carbocycles. The highest BCUT2D eigenvalue weighted by Gasteiger charge is 2.18. The van der Waals surface area contributed by atoms with Gasteiger partial charge in [-0.3, -0.25) is 9.59 Å². The van der Waals surface area contributed by atoms with Crippen molar-refractivity contribution in [3.05, 3.63) is 47.5 Å². The Balaban J connectivity index is 2.77. The van der Waals surface area contributed by atoms with E-state index >= 15 is 0 Å². The van der Waals surface area contributed by atoms with E-state index in [-0.39, 0.29) is 11.8 Å². The lowest BCUT2D eigenvalue weighted by molar-refractivity contribution is 0.0828. The Bertz CT molecular complexity index is 620. The van der Waals surface area contributed by atoms with E-state index in [4.69, 9.17) is 0 Å². The van der Waals surface area contributed by atoms with Gasteiger partial charge in [-0.15, -0.1) is 0 Å². The molecule has 0 spiro atoms. The van der Waals surface area contributed by atoms with Crippen molar-refractivity contribution in [2.24, 2.45) is 0 Å². The Morgan fingerprint density at radius 3 is 1.50 bits per heavy atom. The largest absolute Gasteiger partial charge is 0.345 e. The molecule has 0 aliphatic rings. The summed E-state index contributed by atoms with van der Waals surface area (Å²) in [7, 11) is 6.82. The third-order valence-electron chi connectivity index (χ3n) is 3.18. The van der Waals surface area contributed by atoms with Crippen LogP contribution in [0, 0.1) is 0 Å². The molecule has 0 aliphatic heterocycles. The van der Waals surface area contributed by atoms with Crippen LogP contribution in [0.2, 0.25) is 0 Å². The lowest BCUT2D eigenvalue weighted by atomic mass is 9.98. The van der Waals surface area contributed by atoms with Crippen LogP contribution >= 0.6 is 0 Å². The molecule has 2 aromatic rings. The predicted octanol–water partition coefficient (Wildman–Crippen LogP) is 2.24. The Morgan fingerprint density at radius 2 is 1.15 bits per heavy atom. The van der Waals surface area contributed by atoms with Gasteiger partial charge < -0.3 is 9.80 Å². The van der Waals surface area contributed by atoms with Gasteiger partial charge in [-0.2, -0.15) is 0 Å². The quantitative estimate of drug-likeness (QED) is 0.839. The smallest absolute Gasteiger partial charge is 0.253 e. The number of benzene rings is 2. The SMILES string of the molecule is CN(C)C(=O)c1cccc2cccc(C(=O)N(C)C)c12. The van der Waals surface area contributed by atoms with Gasteiger partial charge in [-0.05, 0) is 17.5 Å². The molecule has 20 heavy (non-hydrogen) atoms. The zero-order valence-electron chi connectivity index (χ0n) is 12.2. The molecule has 0 unspecified atom stereocenters. The van der Waals surface area contributed by atoms with Crippen LogP contribution in [0.1, 0.15) is 20.7 Å². The fourth-order valence-electron chi connectivity index (χ4n) is 2.18. The van der Waals surface area contributed by atoms with E-state index in [2.05, 4.69) is 0 Å². The summed E-state index contributed by atoms with van der Waals surface area (Å²) in [5, 5.41) is 1.61. The molecule has 0 saturated heterocycles. The molecule has 2 amide bonds. The number of hydrogen-bond acceptors (Lipinski definition) is 2. The first-order valence-electron chi connectivity index (χ1n) is 6.38. The fourth-order valence-corrected chi connectivity index (χ4v) is 2.18.